The van der Waals surface area contributed by atoms with Gasteiger partial charge in [0.2, 0.25) is 5.91 Å². The van der Waals surface area contributed by atoms with Gasteiger partial charge in [-0.15, -0.1) is 24.8 Å². The molecule has 0 spiro atoms. The lowest BCUT2D eigenvalue weighted by atomic mass is 9.94. The number of carbonyl (C=O) groups is 1. The van der Waals surface area contributed by atoms with E-state index in [0.29, 0.717) is 24.4 Å². The van der Waals surface area contributed by atoms with Crippen molar-refractivity contribution in [1.82, 2.24) is 15.1 Å². The van der Waals surface area contributed by atoms with Crippen LogP contribution in [0.3, 0.4) is 0 Å². The molecule has 2 unspecified atom stereocenters. The Morgan fingerprint density at radius 2 is 1.70 bits per heavy atom. The molecular weight excluding hydrogens is 297 g/mol. The van der Waals surface area contributed by atoms with Gasteiger partial charge in [-0.1, -0.05) is 20.3 Å². The Kier molecular flexibility index (Phi) is 9.81. The second kappa shape index (κ2) is 9.82. The summed E-state index contributed by atoms with van der Waals surface area (Å²) in [4.78, 5) is 16.6. The van der Waals surface area contributed by atoms with Gasteiger partial charge >= 0.3 is 0 Å². The number of piperidine rings is 1. The molecule has 2 aliphatic heterocycles. The van der Waals surface area contributed by atoms with E-state index in [9.17, 15) is 4.79 Å². The molecule has 1 amide bonds. The summed E-state index contributed by atoms with van der Waals surface area (Å²) in [5.41, 5.74) is 0. The van der Waals surface area contributed by atoms with Crippen LogP contribution in [0.2, 0.25) is 0 Å². The monoisotopic (exact) mass is 325 g/mol. The van der Waals surface area contributed by atoms with Crippen molar-refractivity contribution < 1.29 is 4.79 Å². The number of piperazine rings is 1. The lowest BCUT2D eigenvalue weighted by molar-refractivity contribution is -0.134. The van der Waals surface area contributed by atoms with E-state index in [1.54, 1.807) is 0 Å². The first-order valence-electron chi connectivity index (χ1n) is 7.49. The summed E-state index contributed by atoms with van der Waals surface area (Å²) in [5.74, 6) is 0.347. The summed E-state index contributed by atoms with van der Waals surface area (Å²) < 4.78 is 0. The minimum absolute atomic E-state index is 0. The first-order valence-corrected chi connectivity index (χ1v) is 7.49. The van der Waals surface area contributed by atoms with Crippen molar-refractivity contribution in [2.75, 3.05) is 32.7 Å². The van der Waals surface area contributed by atoms with Gasteiger partial charge in [-0.2, -0.15) is 0 Å². The minimum atomic E-state index is 0. The number of rotatable bonds is 5. The maximum absolute atomic E-state index is 12.2. The second-order valence-electron chi connectivity index (χ2n) is 5.57. The maximum Gasteiger partial charge on any atom is 0.223 e. The third-order valence-corrected chi connectivity index (χ3v) is 4.35. The summed E-state index contributed by atoms with van der Waals surface area (Å²) >= 11 is 0. The van der Waals surface area contributed by atoms with Crippen LogP contribution < -0.4 is 5.32 Å². The predicted molar refractivity (Wildman–Crippen MR) is 88.0 cm³/mol. The summed E-state index contributed by atoms with van der Waals surface area (Å²) in [5, 5.41) is 3.62. The number of halogens is 2. The molecule has 0 radical (unpaired) electrons. The third kappa shape index (κ3) is 5.40. The Morgan fingerprint density at radius 3 is 2.20 bits per heavy atom. The van der Waals surface area contributed by atoms with Crippen molar-refractivity contribution in [2.24, 2.45) is 0 Å². The molecule has 2 bridgehead atoms. The lowest BCUT2D eigenvalue weighted by Gasteiger charge is -2.42. The molecule has 20 heavy (non-hydrogen) atoms. The molecule has 6 heteroatoms. The van der Waals surface area contributed by atoms with Gasteiger partial charge in [0.05, 0.1) is 0 Å². The Morgan fingerprint density at radius 1 is 1.15 bits per heavy atom. The number of carbonyl (C=O) groups excluding carboxylic acids is 1. The van der Waals surface area contributed by atoms with Gasteiger partial charge in [0.15, 0.2) is 0 Å². The zero-order valence-corrected chi connectivity index (χ0v) is 14.3. The summed E-state index contributed by atoms with van der Waals surface area (Å²) in [7, 11) is 0. The average molecular weight is 326 g/mol. The third-order valence-electron chi connectivity index (χ3n) is 4.35. The van der Waals surface area contributed by atoms with Crippen LogP contribution >= 0.6 is 24.8 Å². The Labute approximate surface area is 135 Å². The van der Waals surface area contributed by atoms with Gasteiger partial charge in [0.25, 0.3) is 0 Å². The number of hydrogen-bond acceptors (Lipinski definition) is 3. The number of fused-ring (bicyclic) bond motifs is 2. The first kappa shape index (κ1) is 20.0. The van der Waals surface area contributed by atoms with E-state index in [0.717, 1.165) is 32.7 Å². The van der Waals surface area contributed by atoms with Crippen LogP contribution in [0.1, 0.15) is 39.5 Å². The van der Waals surface area contributed by atoms with Crippen LogP contribution in [0.4, 0.5) is 0 Å². The van der Waals surface area contributed by atoms with Crippen LogP contribution in [0.15, 0.2) is 0 Å². The zero-order chi connectivity index (χ0) is 13.0. The van der Waals surface area contributed by atoms with Gasteiger partial charge in [-0.05, 0) is 25.9 Å². The van der Waals surface area contributed by atoms with Crippen molar-refractivity contribution in [3.63, 3.8) is 0 Å². The fourth-order valence-corrected chi connectivity index (χ4v) is 3.16. The highest BCUT2D eigenvalue weighted by Gasteiger charge is 2.31. The molecule has 120 valence electrons. The molecular formula is C14H29Cl2N3O. The van der Waals surface area contributed by atoms with E-state index in [4.69, 9.17) is 0 Å². The van der Waals surface area contributed by atoms with Gasteiger partial charge in [-0.25, -0.2) is 0 Å². The summed E-state index contributed by atoms with van der Waals surface area (Å²) in [6.07, 6.45) is 4.47. The topological polar surface area (TPSA) is 35.6 Å². The van der Waals surface area contributed by atoms with Gasteiger partial charge < -0.3 is 15.1 Å². The number of hydrogen-bond donors (Lipinski definition) is 1. The summed E-state index contributed by atoms with van der Waals surface area (Å²) in [6, 6.07) is 1.10. The Balaban J connectivity index is 0.00000180. The van der Waals surface area contributed by atoms with Crippen molar-refractivity contribution in [3.8, 4) is 0 Å². The maximum atomic E-state index is 12.2. The van der Waals surface area contributed by atoms with Crippen LogP contribution in [0.25, 0.3) is 0 Å². The average Bonchev–Trinajstić information content (AvgIpc) is 2.39. The Hall–Kier alpha value is -0.0300. The lowest BCUT2D eigenvalue weighted by Crippen LogP contribution is -2.60. The molecule has 0 aromatic heterocycles. The normalized spacial score (nSPS) is 24.9. The molecule has 1 N–H and O–H groups in total. The standard InChI is InChI=1S/C14H27N3O.2ClH/c1-3-16(4-2)9-8-14(18)17-10-12-6-5-7-13(11-17)15-12;;/h12-13,15H,3-11H2,1-2H3;2*1H. The molecule has 2 rings (SSSR count). The van der Waals surface area contributed by atoms with Crippen LogP contribution in [0, 0.1) is 0 Å². The van der Waals surface area contributed by atoms with E-state index < -0.39 is 0 Å². The van der Waals surface area contributed by atoms with Crippen molar-refractivity contribution >= 4 is 30.7 Å². The highest BCUT2D eigenvalue weighted by Crippen LogP contribution is 2.19. The van der Waals surface area contributed by atoms with Crippen LogP contribution in [-0.4, -0.2) is 60.5 Å². The molecule has 0 aromatic rings. The number of nitrogens with one attached hydrogen (secondary N) is 1. The highest BCUT2D eigenvalue weighted by molar-refractivity contribution is 5.85. The fraction of sp³-hybridized carbons (Fsp3) is 0.929. The largest absolute Gasteiger partial charge is 0.340 e. The number of nitrogens with zero attached hydrogens (tertiary/aromatic N) is 2. The molecule has 0 saturated carbocycles. The minimum Gasteiger partial charge on any atom is -0.340 e. The van der Waals surface area contributed by atoms with E-state index in [2.05, 4.69) is 29.0 Å². The van der Waals surface area contributed by atoms with E-state index in [-0.39, 0.29) is 24.8 Å². The molecule has 2 heterocycles. The SMILES string of the molecule is CCN(CC)CCC(=O)N1CC2CCCC(C1)N2.Cl.Cl. The van der Waals surface area contributed by atoms with Crippen LogP contribution in [0.5, 0.6) is 0 Å². The van der Waals surface area contributed by atoms with Crippen molar-refractivity contribution in [3.05, 3.63) is 0 Å². The van der Waals surface area contributed by atoms with E-state index >= 15 is 0 Å². The Bertz CT molecular complexity index is 276. The second-order valence-corrected chi connectivity index (χ2v) is 5.57. The molecule has 0 aliphatic carbocycles. The first-order chi connectivity index (χ1) is 8.72. The molecule has 0 aromatic carbocycles. The quantitative estimate of drug-likeness (QED) is 0.838. The van der Waals surface area contributed by atoms with Gasteiger partial charge in [0, 0.05) is 38.1 Å². The van der Waals surface area contributed by atoms with E-state index in [1.807, 2.05) is 0 Å². The fourth-order valence-electron chi connectivity index (χ4n) is 3.16. The molecule has 2 aliphatic rings. The number of amides is 1. The number of likely N-dealkylation sites (tertiary alicyclic amines) is 1. The van der Waals surface area contributed by atoms with Gasteiger partial charge in [0.1, 0.15) is 0 Å². The molecule has 2 atom stereocenters. The van der Waals surface area contributed by atoms with E-state index in [1.165, 1.54) is 19.3 Å². The molecule has 2 saturated heterocycles. The predicted octanol–water partition coefficient (Wildman–Crippen LogP) is 1.91. The zero-order valence-electron chi connectivity index (χ0n) is 12.6. The van der Waals surface area contributed by atoms with Gasteiger partial charge in [-0.3, -0.25) is 4.79 Å². The highest BCUT2D eigenvalue weighted by atomic mass is 35.5. The smallest absolute Gasteiger partial charge is 0.223 e. The van der Waals surface area contributed by atoms with Crippen LogP contribution in [-0.2, 0) is 4.79 Å². The summed E-state index contributed by atoms with van der Waals surface area (Å²) in [6.45, 7) is 9.14. The molecule has 4 nitrogen and oxygen atoms in total. The van der Waals surface area contributed by atoms with Crippen molar-refractivity contribution in [1.29, 1.82) is 0 Å². The van der Waals surface area contributed by atoms with Crippen molar-refractivity contribution in [2.45, 2.75) is 51.6 Å². The molecule has 2 fully saturated rings.